The molecule has 2 heteroatoms. The van der Waals surface area contributed by atoms with E-state index in [4.69, 9.17) is 0 Å². The highest BCUT2D eigenvalue weighted by atomic mass is 15.0. The highest BCUT2D eigenvalue weighted by Crippen LogP contribution is 2.30. The van der Waals surface area contributed by atoms with Crippen LogP contribution in [0.15, 0.2) is 54.9 Å². The van der Waals surface area contributed by atoms with E-state index in [1.165, 1.54) is 36.8 Å². The van der Waals surface area contributed by atoms with Crippen molar-refractivity contribution >= 4 is 0 Å². The van der Waals surface area contributed by atoms with Crippen LogP contribution in [0.25, 0.3) is 0 Å². The minimum Gasteiger partial charge on any atom is -0.303 e. The number of hydrogen-bond acceptors (Lipinski definition) is 2. The Morgan fingerprint density at radius 1 is 0.952 bits per heavy atom. The minimum atomic E-state index is 0.254. The van der Waals surface area contributed by atoms with Gasteiger partial charge in [-0.25, -0.2) is 0 Å². The molecule has 110 valence electrons. The van der Waals surface area contributed by atoms with Gasteiger partial charge in [-0.3, -0.25) is 4.98 Å². The molecular formula is C19H24N2. The molecule has 1 heterocycles. The van der Waals surface area contributed by atoms with Crippen molar-refractivity contribution in [2.24, 2.45) is 5.92 Å². The Bertz CT molecular complexity index is 493. The van der Waals surface area contributed by atoms with Gasteiger partial charge >= 0.3 is 0 Å². The van der Waals surface area contributed by atoms with Gasteiger partial charge in [0, 0.05) is 18.4 Å². The lowest BCUT2D eigenvalue weighted by Gasteiger charge is -2.28. The minimum absolute atomic E-state index is 0.254. The van der Waals surface area contributed by atoms with E-state index in [0.717, 1.165) is 5.92 Å². The van der Waals surface area contributed by atoms with Gasteiger partial charge in [0.15, 0.2) is 0 Å². The van der Waals surface area contributed by atoms with Gasteiger partial charge in [-0.2, -0.15) is 0 Å². The first kappa shape index (κ1) is 14.3. The van der Waals surface area contributed by atoms with Crippen LogP contribution in [0.3, 0.4) is 0 Å². The third-order valence-corrected chi connectivity index (χ3v) is 4.71. The third-order valence-electron chi connectivity index (χ3n) is 4.71. The Labute approximate surface area is 127 Å². The fraction of sp³-hybridized carbons (Fsp3) is 0.421. The predicted molar refractivity (Wildman–Crippen MR) is 87.1 cm³/mol. The zero-order valence-corrected chi connectivity index (χ0v) is 12.7. The molecule has 0 amide bonds. The number of nitrogens with zero attached hydrogens (tertiary/aromatic N) is 1. The number of pyridine rings is 1. The van der Waals surface area contributed by atoms with Crippen molar-refractivity contribution in [3.05, 3.63) is 66.0 Å². The van der Waals surface area contributed by atoms with Gasteiger partial charge in [-0.1, -0.05) is 43.2 Å². The number of benzene rings is 1. The summed E-state index contributed by atoms with van der Waals surface area (Å²) in [7, 11) is 0. The van der Waals surface area contributed by atoms with E-state index in [1.807, 2.05) is 12.4 Å². The highest BCUT2D eigenvalue weighted by molar-refractivity contribution is 5.30. The van der Waals surface area contributed by atoms with Crippen LogP contribution in [0, 0.1) is 5.92 Å². The zero-order chi connectivity index (χ0) is 14.5. The van der Waals surface area contributed by atoms with E-state index in [-0.39, 0.29) is 6.04 Å². The van der Waals surface area contributed by atoms with Gasteiger partial charge < -0.3 is 5.32 Å². The average Bonchev–Trinajstić information content (AvgIpc) is 3.09. The van der Waals surface area contributed by atoms with Gasteiger partial charge in [-0.05, 0) is 48.9 Å². The maximum Gasteiger partial charge on any atom is 0.0579 e. The molecule has 1 aliphatic rings. The van der Waals surface area contributed by atoms with Crippen LogP contribution in [0.4, 0.5) is 0 Å². The summed E-state index contributed by atoms with van der Waals surface area (Å²) in [5, 5.41) is 3.86. The molecule has 0 radical (unpaired) electrons. The SMILES string of the molecule is C[C@H](NC(c1ccccc1)c1ccncc1)C1CCCC1. The van der Waals surface area contributed by atoms with Crippen molar-refractivity contribution in [1.82, 2.24) is 10.3 Å². The lowest BCUT2D eigenvalue weighted by Crippen LogP contribution is -2.36. The van der Waals surface area contributed by atoms with E-state index in [0.29, 0.717) is 6.04 Å². The van der Waals surface area contributed by atoms with E-state index in [1.54, 1.807) is 0 Å². The van der Waals surface area contributed by atoms with Crippen molar-refractivity contribution < 1.29 is 0 Å². The molecule has 0 spiro atoms. The smallest absolute Gasteiger partial charge is 0.0579 e. The van der Waals surface area contributed by atoms with Gasteiger partial charge in [0.25, 0.3) is 0 Å². The van der Waals surface area contributed by atoms with Crippen molar-refractivity contribution in [1.29, 1.82) is 0 Å². The summed E-state index contributed by atoms with van der Waals surface area (Å²) in [5.74, 6) is 0.818. The van der Waals surface area contributed by atoms with E-state index >= 15 is 0 Å². The Balaban J connectivity index is 1.82. The Morgan fingerprint density at radius 3 is 2.24 bits per heavy atom. The third kappa shape index (κ3) is 3.51. The van der Waals surface area contributed by atoms with Gasteiger partial charge in [-0.15, -0.1) is 0 Å². The summed E-state index contributed by atoms with van der Waals surface area (Å²) in [6.45, 7) is 2.34. The number of hydrogen-bond donors (Lipinski definition) is 1. The summed E-state index contributed by atoms with van der Waals surface area (Å²) in [4.78, 5) is 4.15. The predicted octanol–water partition coefficient (Wildman–Crippen LogP) is 4.34. The maximum atomic E-state index is 4.15. The second-order valence-corrected chi connectivity index (χ2v) is 6.12. The molecule has 1 unspecified atom stereocenters. The van der Waals surface area contributed by atoms with Gasteiger partial charge in [0.1, 0.15) is 0 Å². The molecule has 2 atom stereocenters. The van der Waals surface area contributed by atoms with Crippen LogP contribution >= 0.6 is 0 Å². The molecule has 0 aliphatic heterocycles. The molecule has 3 rings (SSSR count). The molecule has 2 nitrogen and oxygen atoms in total. The Kier molecular flexibility index (Phi) is 4.66. The van der Waals surface area contributed by atoms with Crippen molar-refractivity contribution in [2.75, 3.05) is 0 Å². The quantitative estimate of drug-likeness (QED) is 0.881. The second kappa shape index (κ2) is 6.86. The number of rotatable bonds is 5. The number of nitrogens with one attached hydrogen (secondary N) is 1. The molecule has 0 saturated heterocycles. The Morgan fingerprint density at radius 2 is 1.57 bits per heavy atom. The highest BCUT2D eigenvalue weighted by Gasteiger charge is 2.24. The van der Waals surface area contributed by atoms with Crippen LogP contribution in [0.5, 0.6) is 0 Å². The van der Waals surface area contributed by atoms with Crippen LogP contribution in [0.2, 0.25) is 0 Å². The second-order valence-electron chi connectivity index (χ2n) is 6.12. The molecule has 1 fully saturated rings. The molecule has 1 aliphatic carbocycles. The molecule has 1 N–H and O–H groups in total. The summed E-state index contributed by atoms with van der Waals surface area (Å²) in [6.07, 6.45) is 9.28. The van der Waals surface area contributed by atoms with E-state index in [2.05, 4.69) is 59.7 Å². The number of aromatic nitrogens is 1. The summed E-state index contributed by atoms with van der Waals surface area (Å²) in [6, 6.07) is 15.8. The van der Waals surface area contributed by atoms with Crippen LogP contribution in [-0.4, -0.2) is 11.0 Å². The molecule has 1 aromatic carbocycles. The maximum absolute atomic E-state index is 4.15. The fourth-order valence-electron chi connectivity index (χ4n) is 3.44. The first-order valence-electron chi connectivity index (χ1n) is 8.05. The summed E-state index contributed by atoms with van der Waals surface area (Å²) >= 11 is 0. The summed E-state index contributed by atoms with van der Waals surface area (Å²) in [5.41, 5.74) is 2.62. The summed E-state index contributed by atoms with van der Waals surface area (Å²) < 4.78 is 0. The van der Waals surface area contributed by atoms with Crippen LogP contribution in [0.1, 0.15) is 49.8 Å². The largest absolute Gasteiger partial charge is 0.303 e. The van der Waals surface area contributed by atoms with Crippen molar-refractivity contribution in [3.8, 4) is 0 Å². The lowest BCUT2D eigenvalue weighted by atomic mass is 9.94. The van der Waals surface area contributed by atoms with Crippen molar-refractivity contribution in [3.63, 3.8) is 0 Å². The van der Waals surface area contributed by atoms with E-state index < -0.39 is 0 Å². The van der Waals surface area contributed by atoms with Crippen LogP contribution in [-0.2, 0) is 0 Å². The standard InChI is InChI=1S/C19H24N2/c1-15(16-7-5-6-8-16)21-19(17-9-3-2-4-10-17)18-11-13-20-14-12-18/h2-4,9-16,19,21H,5-8H2,1H3/t15-,19?/m0/s1. The molecule has 1 aromatic heterocycles. The molecule has 1 saturated carbocycles. The lowest BCUT2D eigenvalue weighted by molar-refractivity contribution is 0.361. The normalized spacial score (nSPS) is 18.5. The molecule has 2 aromatic rings. The molecular weight excluding hydrogens is 256 g/mol. The fourth-order valence-corrected chi connectivity index (χ4v) is 3.44. The topological polar surface area (TPSA) is 24.9 Å². The monoisotopic (exact) mass is 280 g/mol. The van der Waals surface area contributed by atoms with Crippen LogP contribution < -0.4 is 5.32 Å². The van der Waals surface area contributed by atoms with Gasteiger partial charge in [0.05, 0.1) is 6.04 Å². The Hall–Kier alpha value is -1.67. The zero-order valence-electron chi connectivity index (χ0n) is 12.7. The van der Waals surface area contributed by atoms with E-state index in [9.17, 15) is 0 Å². The molecule has 21 heavy (non-hydrogen) atoms. The van der Waals surface area contributed by atoms with Crippen molar-refractivity contribution in [2.45, 2.75) is 44.7 Å². The first-order chi connectivity index (χ1) is 10.3. The van der Waals surface area contributed by atoms with Gasteiger partial charge in [0.2, 0.25) is 0 Å². The average molecular weight is 280 g/mol. The molecule has 0 bridgehead atoms. The first-order valence-corrected chi connectivity index (χ1v) is 8.05.